The Bertz CT molecular complexity index is 657. The number of rotatable bonds is 6. The number of halogens is 2. The lowest BCUT2D eigenvalue weighted by atomic mass is 10.2. The van der Waals surface area contributed by atoms with Gasteiger partial charge in [0.25, 0.3) is 0 Å². The first kappa shape index (κ1) is 22.3. The fourth-order valence-electron chi connectivity index (χ4n) is 2.99. The number of imidazole rings is 1. The van der Waals surface area contributed by atoms with Gasteiger partial charge in [-0.25, -0.2) is 4.98 Å². The fourth-order valence-corrected chi connectivity index (χ4v) is 2.99. The van der Waals surface area contributed by atoms with E-state index in [0.29, 0.717) is 13.1 Å². The number of anilines is 1. The minimum absolute atomic E-state index is 0. The quantitative estimate of drug-likeness (QED) is 0.808. The van der Waals surface area contributed by atoms with Crippen LogP contribution in [0.4, 0.5) is 5.95 Å². The molecule has 2 heterocycles. The number of carbonyl (C=O) groups excluding carboxylic acids is 1. The summed E-state index contributed by atoms with van der Waals surface area (Å²) in [5.41, 5.74) is 1.13. The summed E-state index contributed by atoms with van der Waals surface area (Å²) in [4.78, 5) is 21.1. The van der Waals surface area contributed by atoms with Crippen molar-refractivity contribution in [2.45, 2.75) is 20.0 Å². The van der Waals surface area contributed by atoms with E-state index in [9.17, 15) is 4.79 Å². The lowest BCUT2D eigenvalue weighted by Crippen LogP contribution is -2.50. The van der Waals surface area contributed by atoms with Gasteiger partial charge in [-0.3, -0.25) is 9.69 Å². The van der Waals surface area contributed by atoms with Crippen molar-refractivity contribution in [2.24, 2.45) is 0 Å². The Balaban J connectivity index is 0.00000169. The number of hydrogen-bond donors (Lipinski definition) is 1. The molecule has 1 amide bonds. The molecule has 0 atom stereocenters. The van der Waals surface area contributed by atoms with E-state index >= 15 is 0 Å². The van der Waals surface area contributed by atoms with Gasteiger partial charge >= 0.3 is 0 Å². The summed E-state index contributed by atoms with van der Waals surface area (Å²) in [6, 6.07) is 10.0. The van der Waals surface area contributed by atoms with Crippen LogP contribution < -0.4 is 10.2 Å². The van der Waals surface area contributed by atoms with Crippen LogP contribution in [0.5, 0.6) is 0 Å². The van der Waals surface area contributed by atoms with Gasteiger partial charge in [-0.1, -0.05) is 30.3 Å². The maximum absolute atomic E-state index is 12.1. The van der Waals surface area contributed by atoms with E-state index in [-0.39, 0.29) is 30.7 Å². The number of aromatic nitrogens is 2. The molecule has 0 saturated carbocycles. The van der Waals surface area contributed by atoms with Crippen LogP contribution in [0, 0.1) is 0 Å². The molecule has 1 aromatic carbocycles. The zero-order chi connectivity index (χ0) is 16.8. The van der Waals surface area contributed by atoms with Gasteiger partial charge in [0.2, 0.25) is 11.9 Å². The highest BCUT2D eigenvalue weighted by Crippen LogP contribution is 2.14. The third-order valence-corrected chi connectivity index (χ3v) is 4.39. The minimum Gasteiger partial charge on any atom is -0.351 e. The lowest BCUT2D eigenvalue weighted by molar-refractivity contribution is -0.122. The van der Waals surface area contributed by atoms with Crippen LogP contribution in [-0.2, 0) is 17.9 Å². The van der Waals surface area contributed by atoms with Gasteiger partial charge in [0, 0.05) is 51.7 Å². The molecule has 2 aromatic rings. The molecule has 3 rings (SSSR count). The Labute approximate surface area is 167 Å². The van der Waals surface area contributed by atoms with Crippen LogP contribution in [-0.4, -0.2) is 53.1 Å². The Morgan fingerprint density at radius 1 is 1.12 bits per heavy atom. The first-order valence-electron chi connectivity index (χ1n) is 8.55. The second-order valence-electron chi connectivity index (χ2n) is 6.04. The predicted molar refractivity (Wildman–Crippen MR) is 109 cm³/mol. The smallest absolute Gasteiger partial charge is 0.234 e. The molecule has 144 valence electrons. The summed E-state index contributed by atoms with van der Waals surface area (Å²) < 4.78 is 2.15. The molecule has 0 spiro atoms. The summed E-state index contributed by atoms with van der Waals surface area (Å²) in [6.07, 6.45) is 3.86. The van der Waals surface area contributed by atoms with Gasteiger partial charge < -0.3 is 14.8 Å². The van der Waals surface area contributed by atoms with Crippen molar-refractivity contribution in [2.75, 3.05) is 37.6 Å². The molecular formula is C18H27Cl2N5O. The topological polar surface area (TPSA) is 53.4 Å². The van der Waals surface area contributed by atoms with Crippen molar-refractivity contribution in [1.82, 2.24) is 19.8 Å². The first-order chi connectivity index (χ1) is 11.8. The SMILES string of the molecule is CCn1ccnc1N1CCN(CC(=O)NCc2ccccc2)CC1.Cl.Cl. The highest BCUT2D eigenvalue weighted by Gasteiger charge is 2.21. The van der Waals surface area contributed by atoms with E-state index in [1.54, 1.807) is 0 Å². The number of nitrogens with one attached hydrogen (secondary N) is 1. The van der Waals surface area contributed by atoms with E-state index in [1.807, 2.05) is 42.7 Å². The van der Waals surface area contributed by atoms with E-state index in [0.717, 1.165) is 44.2 Å². The average molecular weight is 400 g/mol. The second-order valence-corrected chi connectivity index (χ2v) is 6.04. The van der Waals surface area contributed by atoms with Crippen LogP contribution in [0.2, 0.25) is 0 Å². The van der Waals surface area contributed by atoms with Crippen LogP contribution >= 0.6 is 24.8 Å². The van der Waals surface area contributed by atoms with E-state index in [1.165, 1.54) is 0 Å². The van der Waals surface area contributed by atoms with Crippen molar-refractivity contribution >= 4 is 36.7 Å². The number of hydrogen-bond acceptors (Lipinski definition) is 4. The molecule has 8 heteroatoms. The summed E-state index contributed by atoms with van der Waals surface area (Å²) in [6.45, 7) is 7.68. The molecule has 26 heavy (non-hydrogen) atoms. The Hall–Kier alpha value is -1.76. The van der Waals surface area contributed by atoms with Crippen molar-refractivity contribution in [3.05, 3.63) is 48.3 Å². The highest BCUT2D eigenvalue weighted by atomic mass is 35.5. The minimum atomic E-state index is 0. The van der Waals surface area contributed by atoms with Crippen molar-refractivity contribution in [3.8, 4) is 0 Å². The molecule has 0 unspecified atom stereocenters. The number of piperazine rings is 1. The molecule has 1 fully saturated rings. The Morgan fingerprint density at radius 2 is 1.81 bits per heavy atom. The van der Waals surface area contributed by atoms with Gasteiger partial charge in [-0.2, -0.15) is 0 Å². The van der Waals surface area contributed by atoms with Crippen LogP contribution in [0.25, 0.3) is 0 Å². The molecule has 1 aliphatic rings. The number of benzene rings is 1. The third kappa shape index (κ3) is 5.90. The van der Waals surface area contributed by atoms with Gasteiger partial charge in [-0.15, -0.1) is 24.8 Å². The highest BCUT2D eigenvalue weighted by molar-refractivity contribution is 5.85. The first-order valence-corrected chi connectivity index (χ1v) is 8.55. The molecule has 1 saturated heterocycles. The summed E-state index contributed by atoms with van der Waals surface area (Å²) in [5.74, 6) is 1.12. The molecule has 0 bridgehead atoms. The van der Waals surface area contributed by atoms with Gasteiger partial charge in [0.05, 0.1) is 6.54 Å². The number of amides is 1. The molecule has 6 nitrogen and oxygen atoms in total. The summed E-state index contributed by atoms with van der Waals surface area (Å²) in [5, 5.41) is 2.99. The maximum Gasteiger partial charge on any atom is 0.234 e. The van der Waals surface area contributed by atoms with E-state index < -0.39 is 0 Å². The van der Waals surface area contributed by atoms with E-state index in [2.05, 4.69) is 31.6 Å². The summed E-state index contributed by atoms with van der Waals surface area (Å²) in [7, 11) is 0. The molecule has 0 radical (unpaired) electrons. The predicted octanol–water partition coefficient (Wildman–Crippen LogP) is 2.19. The molecule has 1 N–H and O–H groups in total. The van der Waals surface area contributed by atoms with Gasteiger partial charge in [-0.05, 0) is 12.5 Å². The molecule has 1 aliphatic heterocycles. The Morgan fingerprint density at radius 3 is 2.46 bits per heavy atom. The monoisotopic (exact) mass is 399 g/mol. The number of carbonyl (C=O) groups is 1. The molecular weight excluding hydrogens is 373 g/mol. The van der Waals surface area contributed by atoms with Crippen molar-refractivity contribution < 1.29 is 4.79 Å². The van der Waals surface area contributed by atoms with Crippen molar-refractivity contribution in [3.63, 3.8) is 0 Å². The second kappa shape index (κ2) is 11.1. The van der Waals surface area contributed by atoms with E-state index in [4.69, 9.17) is 0 Å². The number of nitrogens with zero attached hydrogens (tertiary/aromatic N) is 4. The molecule has 0 aliphatic carbocycles. The maximum atomic E-state index is 12.1. The number of aryl methyl sites for hydroxylation is 1. The fraction of sp³-hybridized carbons (Fsp3) is 0.444. The Kier molecular flexibility index (Phi) is 9.48. The summed E-state index contributed by atoms with van der Waals surface area (Å²) >= 11 is 0. The largest absolute Gasteiger partial charge is 0.351 e. The van der Waals surface area contributed by atoms with Crippen LogP contribution in [0.15, 0.2) is 42.7 Å². The normalized spacial score (nSPS) is 14.3. The zero-order valence-corrected chi connectivity index (χ0v) is 16.6. The van der Waals surface area contributed by atoms with Crippen molar-refractivity contribution in [1.29, 1.82) is 0 Å². The van der Waals surface area contributed by atoms with Gasteiger partial charge in [0.1, 0.15) is 0 Å². The molecule has 1 aromatic heterocycles. The van der Waals surface area contributed by atoms with Gasteiger partial charge in [0.15, 0.2) is 0 Å². The van der Waals surface area contributed by atoms with Crippen LogP contribution in [0.1, 0.15) is 12.5 Å². The lowest BCUT2D eigenvalue weighted by Gasteiger charge is -2.35. The zero-order valence-electron chi connectivity index (χ0n) is 15.0. The standard InChI is InChI=1S/C18H25N5O.2ClH/c1-2-22-9-8-19-18(22)23-12-10-21(11-13-23)15-17(24)20-14-16-6-4-3-5-7-16;;/h3-9H,2,10-15H2,1H3,(H,20,24);2*1H. The van der Waals surface area contributed by atoms with Crippen LogP contribution in [0.3, 0.4) is 0 Å². The third-order valence-electron chi connectivity index (χ3n) is 4.39. The average Bonchev–Trinajstić information content (AvgIpc) is 3.10.